The van der Waals surface area contributed by atoms with Crippen LogP contribution in [0.4, 0.5) is 5.82 Å². The number of fused-ring (bicyclic) bond motifs is 1. The Labute approximate surface area is 105 Å². The van der Waals surface area contributed by atoms with E-state index in [9.17, 15) is 0 Å². The monoisotopic (exact) mass is 246 g/mol. The molecule has 6 heteroatoms. The number of rotatable bonds is 3. The second kappa shape index (κ2) is 4.20. The Morgan fingerprint density at radius 3 is 3.00 bits per heavy atom. The minimum atomic E-state index is -0.0398. The fraction of sp³-hybridized carbons (Fsp3) is 0.583. The van der Waals surface area contributed by atoms with E-state index in [2.05, 4.69) is 32.2 Å². The van der Waals surface area contributed by atoms with Gasteiger partial charge in [-0.2, -0.15) is 0 Å². The third kappa shape index (κ3) is 1.64. The summed E-state index contributed by atoms with van der Waals surface area (Å²) in [6.45, 7) is 3.23. The van der Waals surface area contributed by atoms with Gasteiger partial charge in [0.05, 0.1) is 5.54 Å². The van der Waals surface area contributed by atoms with Crippen LogP contribution in [0.15, 0.2) is 6.33 Å². The van der Waals surface area contributed by atoms with Crippen molar-refractivity contribution in [1.82, 2.24) is 25.3 Å². The molecular formula is C12H18N6. The van der Waals surface area contributed by atoms with E-state index in [-0.39, 0.29) is 5.54 Å². The highest BCUT2D eigenvalue weighted by Crippen LogP contribution is 2.34. The fourth-order valence-corrected chi connectivity index (χ4v) is 2.84. The summed E-state index contributed by atoms with van der Waals surface area (Å²) in [6.07, 6.45) is 5.93. The van der Waals surface area contributed by atoms with Gasteiger partial charge in [-0.3, -0.25) is 0 Å². The highest BCUT2D eigenvalue weighted by Gasteiger charge is 2.37. The Kier molecular flexibility index (Phi) is 2.66. The molecule has 3 heterocycles. The first-order valence-corrected chi connectivity index (χ1v) is 6.47. The number of nitrogens with two attached hydrogens (primary N) is 1. The summed E-state index contributed by atoms with van der Waals surface area (Å²) >= 11 is 0. The minimum Gasteiger partial charge on any atom is -0.382 e. The molecule has 0 bridgehead atoms. The van der Waals surface area contributed by atoms with Crippen LogP contribution in [0.2, 0.25) is 0 Å². The largest absolute Gasteiger partial charge is 0.382 e. The van der Waals surface area contributed by atoms with E-state index < -0.39 is 0 Å². The second-order valence-corrected chi connectivity index (χ2v) is 4.91. The fourth-order valence-electron chi connectivity index (χ4n) is 2.84. The molecule has 96 valence electrons. The van der Waals surface area contributed by atoms with Crippen LogP contribution in [0.5, 0.6) is 0 Å². The van der Waals surface area contributed by atoms with Crippen molar-refractivity contribution >= 4 is 17.0 Å². The molecule has 6 nitrogen and oxygen atoms in total. The van der Waals surface area contributed by atoms with Gasteiger partial charge in [0, 0.05) is 0 Å². The van der Waals surface area contributed by atoms with E-state index in [1.165, 1.54) is 12.7 Å². The van der Waals surface area contributed by atoms with Gasteiger partial charge < -0.3 is 16.0 Å². The lowest BCUT2D eigenvalue weighted by Gasteiger charge is -2.26. The van der Waals surface area contributed by atoms with E-state index in [1.54, 1.807) is 0 Å². The molecule has 0 aromatic carbocycles. The second-order valence-electron chi connectivity index (χ2n) is 4.91. The summed E-state index contributed by atoms with van der Waals surface area (Å²) in [7, 11) is 0. The standard InChI is InChI=1S/C12H18N6/c1-2-4-12(5-3-6-16-12)11-17-8-9(13)14-7-15-10(8)18-11/h7,16H,2-6H2,1H3,(H3,13,14,15,17,18). The number of anilines is 1. The molecule has 18 heavy (non-hydrogen) atoms. The van der Waals surface area contributed by atoms with Crippen molar-refractivity contribution in [3.05, 3.63) is 12.2 Å². The van der Waals surface area contributed by atoms with E-state index in [4.69, 9.17) is 5.73 Å². The molecule has 0 aliphatic carbocycles. The van der Waals surface area contributed by atoms with Crippen LogP contribution >= 0.6 is 0 Å². The third-order valence-electron chi connectivity index (χ3n) is 3.69. The number of nitrogen functional groups attached to an aromatic ring is 1. The zero-order valence-electron chi connectivity index (χ0n) is 10.5. The van der Waals surface area contributed by atoms with Crippen molar-refractivity contribution in [3.63, 3.8) is 0 Å². The summed E-state index contributed by atoms with van der Waals surface area (Å²) in [6, 6.07) is 0. The van der Waals surface area contributed by atoms with Crippen molar-refractivity contribution in [1.29, 1.82) is 0 Å². The minimum absolute atomic E-state index is 0.0398. The Bertz CT molecular complexity index is 555. The topological polar surface area (TPSA) is 92.5 Å². The maximum absolute atomic E-state index is 5.84. The van der Waals surface area contributed by atoms with Crippen LogP contribution in [0.25, 0.3) is 11.2 Å². The maximum Gasteiger partial charge on any atom is 0.183 e. The van der Waals surface area contributed by atoms with Gasteiger partial charge in [0.15, 0.2) is 11.5 Å². The molecule has 0 saturated carbocycles. The van der Waals surface area contributed by atoms with E-state index >= 15 is 0 Å². The smallest absolute Gasteiger partial charge is 0.183 e. The van der Waals surface area contributed by atoms with Gasteiger partial charge in [-0.05, 0) is 25.8 Å². The van der Waals surface area contributed by atoms with Gasteiger partial charge in [-0.15, -0.1) is 0 Å². The molecule has 3 rings (SSSR count). The Balaban J connectivity index is 2.09. The normalized spacial score (nSPS) is 23.8. The van der Waals surface area contributed by atoms with Gasteiger partial charge in [-0.1, -0.05) is 13.3 Å². The molecule has 2 aromatic heterocycles. The van der Waals surface area contributed by atoms with E-state index in [1.807, 2.05) is 0 Å². The number of H-pyrrole nitrogens is 1. The van der Waals surface area contributed by atoms with Crippen molar-refractivity contribution in [2.24, 2.45) is 0 Å². The van der Waals surface area contributed by atoms with Crippen LogP contribution in [-0.2, 0) is 5.54 Å². The zero-order valence-corrected chi connectivity index (χ0v) is 10.5. The number of aromatic nitrogens is 4. The summed E-state index contributed by atoms with van der Waals surface area (Å²) in [4.78, 5) is 16.1. The van der Waals surface area contributed by atoms with Gasteiger partial charge in [0.1, 0.15) is 17.7 Å². The number of imidazole rings is 1. The maximum atomic E-state index is 5.84. The summed E-state index contributed by atoms with van der Waals surface area (Å²) in [5.74, 6) is 1.41. The predicted octanol–water partition coefficient (Wildman–Crippen LogP) is 1.31. The number of nitrogens with one attached hydrogen (secondary N) is 2. The Hall–Kier alpha value is -1.69. The first-order valence-electron chi connectivity index (χ1n) is 6.47. The lowest BCUT2D eigenvalue weighted by Crippen LogP contribution is -2.37. The summed E-state index contributed by atoms with van der Waals surface area (Å²) in [5.41, 5.74) is 7.20. The van der Waals surface area contributed by atoms with Crippen molar-refractivity contribution < 1.29 is 0 Å². The average molecular weight is 246 g/mol. The molecule has 0 spiro atoms. The highest BCUT2D eigenvalue weighted by atomic mass is 15.1. The number of hydrogen-bond donors (Lipinski definition) is 3. The van der Waals surface area contributed by atoms with Crippen LogP contribution in [0.1, 0.15) is 38.4 Å². The molecule has 1 fully saturated rings. The van der Waals surface area contributed by atoms with Crippen LogP contribution in [-0.4, -0.2) is 26.5 Å². The van der Waals surface area contributed by atoms with Crippen molar-refractivity contribution in [3.8, 4) is 0 Å². The number of hydrogen-bond acceptors (Lipinski definition) is 5. The van der Waals surface area contributed by atoms with E-state index in [0.717, 1.165) is 37.1 Å². The van der Waals surface area contributed by atoms with Crippen molar-refractivity contribution in [2.45, 2.75) is 38.1 Å². The number of nitrogens with zero attached hydrogens (tertiary/aromatic N) is 3. The molecule has 1 aliphatic rings. The highest BCUT2D eigenvalue weighted by molar-refractivity contribution is 5.81. The van der Waals surface area contributed by atoms with Gasteiger partial charge in [0.25, 0.3) is 0 Å². The molecule has 2 aromatic rings. The molecular weight excluding hydrogens is 228 g/mol. The first kappa shape index (κ1) is 11.4. The first-order chi connectivity index (χ1) is 8.75. The molecule has 1 aliphatic heterocycles. The molecule has 4 N–H and O–H groups in total. The lowest BCUT2D eigenvalue weighted by atomic mass is 9.91. The molecule has 1 unspecified atom stereocenters. The zero-order chi connectivity index (χ0) is 12.6. The van der Waals surface area contributed by atoms with Gasteiger partial charge >= 0.3 is 0 Å². The summed E-state index contributed by atoms with van der Waals surface area (Å²) < 4.78 is 0. The van der Waals surface area contributed by atoms with Gasteiger partial charge in [-0.25, -0.2) is 15.0 Å². The third-order valence-corrected chi connectivity index (χ3v) is 3.69. The lowest BCUT2D eigenvalue weighted by molar-refractivity contribution is 0.338. The predicted molar refractivity (Wildman–Crippen MR) is 69.9 cm³/mol. The summed E-state index contributed by atoms with van der Waals surface area (Å²) in [5, 5.41) is 3.58. The van der Waals surface area contributed by atoms with Crippen molar-refractivity contribution in [2.75, 3.05) is 12.3 Å². The van der Waals surface area contributed by atoms with E-state index in [0.29, 0.717) is 11.5 Å². The molecule has 0 amide bonds. The molecule has 1 atom stereocenters. The molecule has 1 saturated heterocycles. The SMILES string of the molecule is CCCC1(c2nc3ncnc(N)c3[nH]2)CCCN1. The molecule has 0 radical (unpaired) electrons. The van der Waals surface area contributed by atoms with Crippen LogP contribution in [0, 0.1) is 0 Å². The van der Waals surface area contributed by atoms with Crippen LogP contribution < -0.4 is 11.1 Å². The Morgan fingerprint density at radius 1 is 1.44 bits per heavy atom. The average Bonchev–Trinajstić information content (AvgIpc) is 2.97. The quantitative estimate of drug-likeness (QED) is 0.759. The Morgan fingerprint density at radius 2 is 2.33 bits per heavy atom. The van der Waals surface area contributed by atoms with Crippen LogP contribution in [0.3, 0.4) is 0 Å². The number of aromatic amines is 1. The van der Waals surface area contributed by atoms with Gasteiger partial charge in [0.2, 0.25) is 0 Å².